The van der Waals surface area contributed by atoms with Gasteiger partial charge in [-0.2, -0.15) is 0 Å². The third kappa shape index (κ3) is 3.89. The molecule has 0 atom stereocenters. The number of benzene rings is 2. The highest BCUT2D eigenvalue weighted by Crippen LogP contribution is 2.28. The summed E-state index contributed by atoms with van der Waals surface area (Å²) in [6.45, 7) is 3.98. The molecule has 0 saturated carbocycles. The van der Waals surface area contributed by atoms with Crippen molar-refractivity contribution in [2.75, 3.05) is 40.4 Å². The van der Waals surface area contributed by atoms with E-state index in [0.29, 0.717) is 43.2 Å². The van der Waals surface area contributed by atoms with Crippen LogP contribution in [0.3, 0.4) is 0 Å². The fourth-order valence-corrected chi connectivity index (χ4v) is 3.25. The summed E-state index contributed by atoms with van der Waals surface area (Å²) in [6.07, 6.45) is 0. The number of rotatable bonds is 4. The number of ether oxygens (including phenoxy) is 2. The molecule has 1 saturated heterocycles. The lowest BCUT2D eigenvalue weighted by Gasteiger charge is -2.35. The van der Waals surface area contributed by atoms with Gasteiger partial charge in [-0.25, -0.2) is 0 Å². The predicted molar refractivity (Wildman–Crippen MR) is 103 cm³/mol. The van der Waals surface area contributed by atoms with Gasteiger partial charge in [0.2, 0.25) is 0 Å². The zero-order valence-electron chi connectivity index (χ0n) is 15.9. The van der Waals surface area contributed by atoms with Crippen molar-refractivity contribution in [1.29, 1.82) is 0 Å². The fraction of sp³-hybridized carbons (Fsp3) is 0.333. The van der Waals surface area contributed by atoms with Crippen LogP contribution < -0.4 is 9.47 Å². The van der Waals surface area contributed by atoms with Gasteiger partial charge >= 0.3 is 0 Å². The summed E-state index contributed by atoms with van der Waals surface area (Å²) in [5.41, 5.74) is 2.23. The minimum absolute atomic E-state index is 0.0197. The van der Waals surface area contributed by atoms with Crippen LogP contribution in [0.5, 0.6) is 11.5 Å². The van der Waals surface area contributed by atoms with Crippen LogP contribution in [0.1, 0.15) is 26.3 Å². The van der Waals surface area contributed by atoms with Gasteiger partial charge in [0.25, 0.3) is 11.8 Å². The van der Waals surface area contributed by atoms with Crippen molar-refractivity contribution < 1.29 is 19.1 Å². The molecule has 1 fully saturated rings. The van der Waals surface area contributed by atoms with Gasteiger partial charge in [0.1, 0.15) is 0 Å². The van der Waals surface area contributed by atoms with Gasteiger partial charge in [0, 0.05) is 37.3 Å². The fourth-order valence-electron chi connectivity index (χ4n) is 3.25. The maximum absolute atomic E-state index is 12.8. The van der Waals surface area contributed by atoms with Gasteiger partial charge in [-0.1, -0.05) is 18.2 Å². The van der Waals surface area contributed by atoms with E-state index in [-0.39, 0.29) is 11.8 Å². The van der Waals surface area contributed by atoms with Crippen LogP contribution in [0.4, 0.5) is 0 Å². The third-order valence-corrected chi connectivity index (χ3v) is 4.86. The molecule has 0 N–H and O–H groups in total. The third-order valence-electron chi connectivity index (χ3n) is 4.86. The summed E-state index contributed by atoms with van der Waals surface area (Å²) in [4.78, 5) is 29.1. The molecule has 6 nitrogen and oxygen atoms in total. The molecule has 6 heteroatoms. The van der Waals surface area contributed by atoms with E-state index in [9.17, 15) is 9.59 Å². The molecule has 1 aliphatic heterocycles. The van der Waals surface area contributed by atoms with Crippen molar-refractivity contribution in [2.45, 2.75) is 6.92 Å². The second kappa shape index (κ2) is 8.12. The number of methoxy groups -OCH3 is 2. The molecular weight excluding hydrogens is 344 g/mol. The average Bonchev–Trinajstić information content (AvgIpc) is 2.72. The molecule has 2 aromatic carbocycles. The van der Waals surface area contributed by atoms with Gasteiger partial charge in [-0.05, 0) is 36.8 Å². The Kier molecular flexibility index (Phi) is 5.64. The molecule has 0 spiro atoms. The molecule has 0 unspecified atom stereocenters. The Bertz CT molecular complexity index is 842. The minimum atomic E-state index is -0.0704. The molecular formula is C21H24N2O4. The second-order valence-electron chi connectivity index (χ2n) is 6.47. The van der Waals surface area contributed by atoms with Crippen LogP contribution in [0.15, 0.2) is 42.5 Å². The van der Waals surface area contributed by atoms with Crippen molar-refractivity contribution >= 4 is 11.8 Å². The number of aryl methyl sites for hydroxylation is 1. The maximum atomic E-state index is 12.8. The Balaban J connectivity index is 1.66. The standard InChI is InChI=1S/C21H24N2O4/c1-15-6-4-5-7-17(15)21(25)23-12-10-22(11-13-23)20(24)16-8-9-18(26-2)19(14-16)27-3/h4-9,14H,10-13H2,1-3H3. The maximum Gasteiger partial charge on any atom is 0.254 e. The van der Waals surface area contributed by atoms with Crippen LogP contribution in [-0.2, 0) is 0 Å². The van der Waals surface area contributed by atoms with Crippen molar-refractivity contribution in [1.82, 2.24) is 9.80 Å². The highest BCUT2D eigenvalue weighted by molar-refractivity contribution is 5.97. The summed E-state index contributed by atoms with van der Waals surface area (Å²) < 4.78 is 10.5. The van der Waals surface area contributed by atoms with E-state index in [1.54, 1.807) is 42.2 Å². The minimum Gasteiger partial charge on any atom is -0.493 e. The van der Waals surface area contributed by atoms with Gasteiger partial charge < -0.3 is 19.3 Å². The Hall–Kier alpha value is -3.02. The summed E-state index contributed by atoms with van der Waals surface area (Å²) in [7, 11) is 3.10. The van der Waals surface area contributed by atoms with Crippen molar-refractivity contribution in [3.63, 3.8) is 0 Å². The molecule has 2 aromatic rings. The van der Waals surface area contributed by atoms with E-state index < -0.39 is 0 Å². The summed E-state index contributed by atoms with van der Waals surface area (Å²) in [5.74, 6) is 1.06. The molecule has 0 aromatic heterocycles. The smallest absolute Gasteiger partial charge is 0.254 e. The van der Waals surface area contributed by atoms with E-state index in [0.717, 1.165) is 11.1 Å². The summed E-state index contributed by atoms with van der Waals surface area (Å²) >= 11 is 0. The zero-order valence-corrected chi connectivity index (χ0v) is 15.9. The number of piperazine rings is 1. The van der Waals surface area contributed by atoms with Crippen LogP contribution in [0.25, 0.3) is 0 Å². The van der Waals surface area contributed by atoms with Gasteiger partial charge in [0.05, 0.1) is 14.2 Å². The number of carbonyl (C=O) groups is 2. The topological polar surface area (TPSA) is 59.1 Å². The number of hydrogen-bond donors (Lipinski definition) is 0. The number of amides is 2. The highest BCUT2D eigenvalue weighted by atomic mass is 16.5. The molecule has 3 rings (SSSR count). The van der Waals surface area contributed by atoms with E-state index >= 15 is 0 Å². The lowest BCUT2D eigenvalue weighted by Crippen LogP contribution is -2.50. The first-order valence-electron chi connectivity index (χ1n) is 8.91. The van der Waals surface area contributed by atoms with Crippen molar-refractivity contribution in [3.8, 4) is 11.5 Å². The first-order valence-corrected chi connectivity index (χ1v) is 8.91. The molecule has 0 radical (unpaired) electrons. The Morgan fingerprint density at radius 2 is 1.41 bits per heavy atom. The first-order chi connectivity index (χ1) is 13.0. The lowest BCUT2D eigenvalue weighted by atomic mass is 10.1. The van der Waals surface area contributed by atoms with Crippen molar-refractivity contribution in [2.24, 2.45) is 0 Å². The molecule has 0 bridgehead atoms. The summed E-state index contributed by atoms with van der Waals surface area (Å²) in [6, 6.07) is 12.7. The molecule has 27 heavy (non-hydrogen) atoms. The van der Waals surface area contributed by atoms with E-state index in [1.165, 1.54) is 0 Å². The predicted octanol–water partition coefficient (Wildman–Crippen LogP) is 2.61. The highest BCUT2D eigenvalue weighted by Gasteiger charge is 2.26. The van der Waals surface area contributed by atoms with Crippen LogP contribution in [0, 0.1) is 6.92 Å². The second-order valence-corrected chi connectivity index (χ2v) is 6.47. The monoisotopic (exact) mass is 368 g/mol. The lowest BCUT2D eigenvalue weighted by molar-refractivity contribution is 0.0535. The summed E-state index contributed by atoms with van der Waals surface area (Å²) in [5, 5.41) is 0. The van der Waals surface area contributed by atoms with Gasteiger partial charge in [-0.15, -0.1) is 0 Å². The Morgan fingerprint density at radius 1 is 0.815 bits per heavy atom. The van der Waals surface area contributed by atoms with Crippen LogP contribution in [0.2, 0.25) is 0 Å². The van der Waals surface area contributed by atoms with Crippen LogP contribution >= 0.6 is 0 Å². The van der Waals surface area contributed by atoms with Crippen molar-refractivity contribution in [3.05, 3.63) is 59.2 Å². The Labute approximate surface area is 159 Å². The number of nitrogens with zero attached hydrogens (tertiary/aromatic N) is 2. The molecule has 2 amide bonds. The van der Waals surface area contributed by atoms with E-state index in [1.807, 2.05) is 31.2 Å². The molecule has 0 aliphatic carbocycles. The van der Waals surface area contributed by atoms with E-state index in [4.69, 9.17) is 9.47 Å². The normalized spacial score (nSPS) is 14.0. The molecule has 142 valence electrons. The average molecular weight is 368 g/mol. The largest absolute Gasteiger partial charge is 0.493 e. The van der Waals surface area contributed by atoms with Gasteiger partial charge in [0.15, 0.2) is 11.5 Å². The number of hydrogen-bond acceptors (Lipinski definition) is 4. The first kappa shape index (κ1) is 18.8. The Morgan fingerprint density at radius 3 is 2.00 bits per heavy atom. The molecule has 1 heterocycles. The van der Waals surface area contributed by atoms with Crippen LogP contribution in [-0.4, -0.2) is 62.0 Å². The molecule has 1 aliphatic rings. The van der Waals surface area contributed by atoms with E-state index in [2.05, 4.69) is 0 Å². The van der Waals surface area contributed by atoms with Gasteiger partial charge in [-0.3, -0.25) is 9.59 Å². The quantitative estimate of drug-likeness (QED) is 0.832. The number of carbonyl (C=O) groups excluding carboxylic acids is 2. The SMILES string of the molecule is COc1ccc(C(=O)N2CCN(C(=O)c3ccccc3C)CC2)cc1OC. The zero-order chi connectivity index (χ0) is 19.4.